The van der Waals surface area contributed by atoms with Crippen LogP contribution in [0.1, 0.15) is 32.8 Å². The summed E-state index contributed by atoms with van der Waals surface area (Å²) in [7, 11) is -0.461. The van der Waals surface area contributed by atoms with Crippen molar-refractivity contribution in [2.45, 2.75) is 44.7 Å². The molecule has 1 unspecified atom stereocenters. The van der Waals surface area contributed by atoms with Gasteiger partial charge >= 0.3 is 0 Å². The molecule has 0 bridgehead atoms. The molecule has 0 saturated carbocycles. The van der Waals surface area contributed by atoms with E-state index in [2.05, 4.69) is 5.32 Å². The van der Waals surface area contributed by atoms with Gasteiger partial charge < -0.3 is 10.1 Å². The van der Waals surface area contributed by atoms with E-state index in [9.17, 15) is 8.42 Å². The van der Waals surface area contributed by atoms with Crippen LogP contribution in [0.2, 0.25) is 0 Å². The summed E-state index contributed by atoms with van der Waals surface area (Å²) in [5.41, 5.74) is 0.925. The summed E-state index contributed by atoms with van der Waals surface area (Å²) in [6, 6.07) is 5.22. The Morgan fingerprint density at radius 3 is 2.52 bits per heavy atom. The van der Waals surface area contributed by atoms with Crippen LogP contribution < -0.4 is 10.1 Å². The highest BCUT2D eigenvalue weighted by Crippen LogP contribution is 2.28. The Morgan fingerprint density at radius 1 is 1.33 bits per heavy atom. The standard InChI is InChI=1S/C15H26N2O3S/c1-6-12(3)17(4)21(18,19)15-10-13(11-16-7-2)8-9-14(15)20-5/h8-10,12,16H,6-7,11H2,1-5H3. The SMILES string of the molecule is CCNCc1ccc(OC)c(S(=O)(=O)N(C)C(C)CC)c1. The van der Waals surface area contributed by atoms with Gasteiger partial charge in [0.2, 0.25) is 10.0 Å². The van der Waals surface area contributed by atoms with Crippen LogP contribution in [0.5, 0.6) is 5.75 Å². The molecule has 1 atom stereocenters. The summed E-state index contributed by atoms with van der Waals surface area (Å²) < 4.78 is 32.2. The fraction of sp³-hybridized carbons (Fsp3) is 0.600. The van der Waals surface area contributed by atoms with E-state index in [1.165, 1.54) is 11.4 Å². The zero-order chi connectivity index (χ0) is 16.0. The van der Waals surface area contributed by atoms with Gasteiger partial charge in [-0.15, -0.1) is 0 Å². The predicted octanol–water partition coefficient (Wildman–Crippen LogP) is 2.22. The Bertz CT molecular complexity index is 558. The predicted molar refractivity (Wildman–Crippen MR) is 85.1 cm³/mol. The topological polar surface area (TPSA) is 58.6 Å². The van der Waals surface area contributed by atoms with Gasteiger partial charge in [0.25, 0.3) is 0 Å². The van der Waals surface area contributed by atoms with Gasteiger partial charge in [0.1, 0.15) is 10.6 Å². The molecule has 0 spiro atoms. The summed E-state index contributed by atoms with van der Waals surface area (Å²) in [6.45, 7) is 7.34. The molecule has 5 nitrogen and oxygen atoms in total. The fourth-order valence-corrected chi connectivity index (χ4v) is 3.59. The smallest absolute Gasteiger partial charge is 0.246 e. The lowest BCUT2D eigenvalue weighted by atomic mass is 10.2. The first-order valence-electron chi connectivity index (χ1n) is 7.24. The van der Waals surface area contributed by atoms with E-state index < -0.39 is 10.0 Å². The van der Waals surface area contributed by atoms with Crippen molar-refractivity contribution in [2.75, 3.05) is 20.7 Å². The monoisotopic (exact) mass is 314 g/mol. The molecule has 120 valence electrons. The molecule has 0 aliphatic rings. The Balaban J connectivity index is 3.25. The first kappa shape index (κ1) is 17.9. The second-order valence-electron chi connectivity index (χ2n) is 5.04. The van der Waals surface area contributed by atoms with E-state index in [1.54, 1.807) is 19.2 Å². The molecule has 0 fully saturated rings. The van der Waals surface area contributed by atoms with Gasteiger partial charge in [0.15, 0.2) is 0 Å². The van der Waals surface area contributed by atoms with Gasteiger partial charge in [-0.25, -0.2) is 8.42 Å². The van der Waals surface area contributed by atoms with Crippen molar-refractivity contribution in [1.82, 2.24) is 9.62 Å². The molecule has 0 amide bonds. The maximum atomic E-state index is 12.8. The van der Waals surface area contributed by atoms with E-state index in [4.69, 9.17) is 4.74 Å². The highest BCUT2D eigenvalue weighted by Gasteiger charge is 2.27. The van der Waals surface area contributed by atoms with Gasteiger partial charge in [-0.05, 0) is 37.6 Å². The molecule has 1 aromatic rings. The zero-order valence-corrected chi connectivity index (χ0v) is 14.3. The molecule has 0 heterocycles. The Hall–Kier alpha value is -1.11. The molecule has 1 N–H and O–H groups in total. The largest absolute Gasteiger partial charge is 0.495 e. The molecular formula is C15H26N2O3S. The van der Waals surface area contributed by atoms with Crippen LogP contribution in [0, 0.1) is 0 Å². The first-order chi connectivity index (χ1) is 9.88. The lowest BCUT2D eigenvalue weighted by Crippen LogP contribution is -2.34. The molecule has 0 saturated heterocycles. The van der Waals surface area contributed by atoms with E-state index in [0.29, 0.717) is 12.3 Å². The van der Waals surface area contributed by atoms with Gasteiger partial charge in [-0.1, -0.05) is 19.9 Å². The van der Waals surface area contributed by atoms with Crippen LogP contribution in [0.3, 0.4) is 0 Å². The van der Waals surface area contributed by atoms with Crippen molar-refractivity contribution >= 4 is 10.0 Å². The van der Waals surface area contributed by atoms with Crippen LogP contribution in [0.25, 0.3) is 0 Å². The number of hydrogen-bond donors (Lipinski definition) is 1. The molecule has 0 aliphatic heterocycles. The van der Waals surface area contributed by atoms with E-state index in [-0.39, 0.29) is 10.9 Å². The highest BCUT2D eigenvalue weighted by atomic mass is 32.2. The van der Waals surface area contributed by atoms with Gasteiger partial charge in [-0.2, -0.15) is 4.31 Å². The van der Waals surface area contributed by atoms with E-state index >= 15 is 0 Å². The van der Waals surface area contributed by atoms with E-state index in [0.717, 1.165) is 18.5 Å². The van der Waals surface area contributed by atoms with Gasteiger partial charge in [0.05, 0.1) is 7.11 Å². The third-order valence-electron chi connectivity index (χ3n) is 3.68. The quantitative estimate of drug-likeness (QED) is 0.799. The van der Waals surface area contributed by atoms with Gasteiger partial charge in [-0.3, -0.25) is 0 Å². The lowest BCUT2D eigenvalue weighted by Gasteiger charge is -2.24. The van der Waals surface area contributed by atoms with Crippen molar-refractivity contribution in [2.24, 2.45) is 0 Å². The number of sulfonamides is 1. The van der Waals surface area contributed by atoms with Crippen molar-refractivity contribution in [3.63, 3.8) is 0 Å². The molecule has 0 aliphatic carbocycles. The second-order valence-corrected chi connectivity index (χ2v) is 7.01. The van der Waals surface area contributed by atoms with Crippen LogP contribution in [-0.2, 0) is 16.6 Å². The number of hydrogen-bond acceptors (Lipinski definition) is 4. The first-order valence-corrected chi connectivity index (χ1v) is 8.68. The minimum Gasteiger partial charge on any atom is -0.495 e. The van der Waals surface area contributed by atoms with Crippen molar-refractivity contribution in [1.29, 1.82) is 0 Å². The van der Waals surface area contributed by atoms with Crippen LogP contribution in [0.15, 0.2) is 23.1 Å². The Labute approximate surface area is 128 Å². The number of rotatable bonds is 8. The molecule has 0 radical (unpaired) electrons. The Kier molecular flexibility index (Phi) is 6.64. The molecule has 1 aromatic carbocycles. The highest BCUT2D eigenvalue weighted by molar-refractivity contribution is 7.89. The number of methoxy groups -OCH3 is 1. The Morgan fingerprint density at radius 2 is 2.00 bits per heavy atom. The van der Waals surface area contributed by atoms with Crippen LogP contribution >= 0.6 is 0 Å². The maximum Gasteiger partial charge on any atom is 0.246 e. The molecule has 1 rings (SSSR count). The van der Waals surface area contributed by atoms with Crippen molar-refractivity contribution in [3.8, 4) is 5.75 Å². The molecule has 6 heteroatoms. The number of ether oxygens (including phenoxy) is 1. The summed E-state index contributed by atoms with van der Waals surface area (Å²) in [6.07, 6.45) is 0.759. The van der Waals surface area contributed by atoms with Gasteiger partial charge in [0, 0.05) is 19.6 Å². The average molecular weight is 314 g/mol. The number of nitrogens with zero attached hydrogens (tertiary/aromatic N) is 1. The number of benzene rings is 1. The molecule has 21 heavy (non-hydrogen) atoms. The van der Waals surface area contributed by atoms with Crippen molar-refractivity contribution < 1.29 is 13.2 Å². The molecule has 0 aromatic heterocycles. The summed E-state index contributed by atoms with van der Waals surface area (Å²) >= 11 is 0. The summed E-state index contributed by atoms with van der Waals surface area (Å²) in [4.78, 5) is 0.225. The van der Waals surface area contributed by atoms with Crippen LogP contribution in [0.4, 0.5) is 0 Å². The summed E-state index contributed by atoms with van der Waals surface area (Å²) in [5, 5.41) is 3.19. The maximum absolute atomic E-state index is 12.8. The fourth-order valence-electron chi connectivity index (χ4n) is 1.95. The lowest BCUT2D eigenvalue weighted by molar-refractivity contribution is 0.371. The second kappa shape index (κ2) is 7.77. The third kappa shape index (κ3) is 4.18. The van der Waals surface area contributed by atoms with E-state index in [1.807, 2.05) is 26.8 Å². The third-order valence-corrected chi connectivity index (χ3v) is 5.67. The normalized spacial score (nSPS) is 13.4. The minimum atomic E-state index is -3.56. The van der Waals surface area contributed by atoms with Crippen molar-refractivity contribution in [3.05, 3.63) is 23.8 Å². The van der Waals surface area contributed by atoms with Crippen LogP contribution in [-0.4, -0.2) is 39.5 Å². The summed E-state index contributed by atoms with van der Waals surface area (Å²) in [5.74, 6) is 0.380. The number of nitrogens with one attached hydrogen (secondary N) is 1. The minimum absolute atomic E-state index is 0.0582. The zero-order valence-electron chi connectivity index (χ0n) is 13.5. The average Bonchev–Trinajstić information content (AvgIpc) is 2.50. The molecular weight excluding hydrogens is 288 g/mol.